The minimum atomic E-state index is -0.450. The molecule has 128 valence electrons. The Balaban J connectivity index is 1.48. The van der Waals surface area contributed by atoms with Crippen LogP contribution in [0, 0.1) is 0 Å². The van der Waals surface area contributed by atoms with Crippen molar-refractivity contribution >= 4 is 15.9 Å². The highest BCUT2D eigenvalue weighted by Crippen LogP contribution is 2.31. The fourth-order valence-electron chi connectivity index (χ4n) is 3.38. The summed E-state index contributed by atoms with van der Waals surface area (Å²) in [5.41, 5.74) is 1.09. The third-order valence-electron chi connectivity index (χ3n) is 4.59. The predicted octanol–water partition coefficient (Wildman–Crippen LogP) is 2.54. The van der Waals surface area contributed by atoms with Crippen LogP contribution in [0.15, 0.2) is 22.8 Å². The number of hydrogen-bond donors (Lipinski definition) is 1. The molecule has 2 saturated heterocycles. The first kappa shape index (κ1) is 17.3. The van der Waals surface area contributed by atoms with Crippen LogP contribution >= 0.6 is 15.9 Å². The molecule has 3 rings (SSSR count). The maximum atomic E-state index is 10.3. The zero-order chi connectivity index (χ0) is 16.1. The van der Waals surface area contributed by atoms with Gasteiger partial charge in [0.15, 0.2) is 0 Å². The van der Waals surface area contributed by atoms with Gasteiger partial charge < -0.3 is 14.6 Å². The van der Waals surface area contributed by atoms with Crippen molar-refractivity contribution in [2.24, 2.45) is 0 Å². The maximum absolute atomic E-state index is 10.3. The van der Waals surface area contributed by atoms with E-state index in [-0.39, 0.29) is 6.10 Å². The lowest BCUT2D eigenvalue weighted by Gasteiger charge is -2.28. The van der Waals surface area contributed by atoms with Gasteiger partial charge in [0.25, 0.3) is 0 Å². The molecule has 0 aromatic carbocycles. The molecule has 0 aliphatic carbocycles. The van der Waals surface area contributed by atoms with Gasteiger partial charge in [-0.1, -0.05) is 0 Å². The summed E-state index contributed by atoms with van der Waals surface area (Å²) in [4.78, 5) is 6.85. The standard InChI is InChI=1S/C17H25BrN2O3/c18-13-3-4-16(19-10-13)17-2-1-7-20(17)11-14(21)12-23-15-5-8-22-9-6-15/h3-4,10,14-15,17,21H,1-2,5-9,11-12H2/t14-,17+/m1/s1. The molecule has 2 aliphatic heterocycles. The molecule has 1 N–H and O–H groups in total. The Kier molecular flexibility index (Phi) is 6.42. The third kappa shape index (κ3) is 4.97. The minimum absolute atomic E-state index is 0.237. The number of aliphatic hydroxyl groups is 1. The molecule has 0 bridgehead atoms. The first-order valence-electron chi connectivity index (χ1n) is 8.45. The van der Waals surface area contributed by atoms with E-state index in [0.717, 1.165) is 55.6 Å². The van der Waals surface area contributed by atoms with Crippen LogP contribution in [0.25, 0.3) is 0 Å². The Bertz CT molecular complexity index is 479. The molecule has 3 heterocycles. The van der Waals surface area contributed by atoms with E-state index in [1.54, 1.807) is 0 Å². The van der Waals surface area contributed by atoms with E-state index in [2.05, 4.69) is 31.9 Å². The van der Waals surface area contributed by atoms with E-state index in [4.69, 9.17) is 9.47 Å². The first-order chi connectivity index (χ1) is 11.2. The van der Waals surface area contributed by atoms with Gasteiger partial charge in [0, 0.05) is 30.4 Å². The van der Waals surface area contributed by atoms with Gasteiger partial charge in [-0.2, -0.15) is 0 Å². The number of aliphatic hydroxyl groups excluding tert-OH is 1. The number of halogens is 1. The van der Waals surface area contributed by atoms with Gasteiger partial charge in [0.1, 0.15) is 0 Å². The molecule has 2 aliphatic rings. The second-order valence-corrected chi connectivity index (χ2v) is 7.27. The van der Waals surface area contributed by atoms with Crippen LogP contribution < -0.4 is 0 Å². The Labute approximate surface area is 146 Å². The Morgan fingerprint density at radius 1 is 1.35 bits per heavy atom. The molecule has 0 saturated carbocycles. The van der Waals surface area contributed by atoms with Gasteiger partial charge in [-0.15, -0.1) is 0 Å². The van der Waals surface area contributed by atoms with E-state index >= 15 is 0 Å². The summed E-state index contributed by atoms with van der Waals surface area (Å²) in [5.74, 6) is 0. The lowest BCUT2D eigenvalue weighted by Crippen LogP contribution is -2.36. The molecule has 1 aromatic rings. The van der Waals surface area contributed by atoms with Crippen molar-refractivity contribution < 1.29 is 14.6 Å². The molecule has 2 fully saturated rings. The molecule has 6 heteroatoms. The summed E-state index contributed by atoms with van der Waals surface area (Å²) < 4.78 is 12.2. The maximum Gasteiger partial charge on any atom is 0.0900 e. The molecule has 2 atom stereocenters. The normalized spacial score (nSPS) is 24.9. The minimum Gasteiger partial charge on any atom is -0.389 e. The predicted molar refractivity (Wildman–Crippen MR) is 91.3 cm³/mol. The molecule has 0 amide bonds. The van der Waals surface area contributed by atoms with Gasteiger partial charge in [-0.05, 0) is 60.3 Å². The van der Waals surface area contributed by atoms with Crippen LogP contribution in [0.5, 0.6) is 0 Å². The van der Waals surface area contributed by atoms with Gasteiger partial charge >= 0.3 is 0 Å². The number of β-amino-alcohol motifs (C(OH)–C–C–N with tert-alkyl or cyclic N) is 1. The molecular weight excluding hydrogens is 360 g/mol. The van der Waals surface area contributed by atoms with Crippen molar-refractivity contribution in [3.8, 4) is 0 Å². The van der Waals surface area contributed by atoms with Gasteiger partial charge in [0.2, 0.25) is 0 Å². The fraction of sp³-hybridized carbons (Fsp3) is 0.706. The zero-order valence-electron chi connectivity index (χ0n) is 13.4. The lowest BCUT2D eigenvalue weighted by molar-refractivity contribution is -0.0647. The van der Waals surface area contributed by atoms with E-state index < -0.39 is 6.10 Å². The largest absolute Gasteiger partial charge is 0.389 e. The smallest absolute Gasteiger partial charge is 0.0900 e. The van der Waals surface area contributed by atoms with Crippen molar-refractivity contribution in [2.75, 3.05) is 32.9 Å². The number of aromatic nitrogens is 1. The van der Waals surface area contributed by atoms with E-state index in [1.165, 1.54) is 0 Å². The Hall–Kier alpha value is -0.530. The molecule has 1 aromatic heterocycles. The average molecular weight is 385 g/mol. The van der Waals surface area contributed by atoms with Gasteiger partial charge in [0.05, 0.1) is 30.6 Å². The topological polar surface area (TPSA) is 54.8 Å². The van der Waals surface area contributed by atoms with Crippen LogP contribution in [0.2, 0.25) is 0 Å². The molecule has 5 nitrogen and oxygen atoms in total. The number of pyridine rings is 1. The monoisotopic (exact) mass is 384 g/mol. The molecule has 0 unspecified atom stereocenters. The highest BCUT2D eigenvalue weighted by Gasteiger charge is 2.28. The summed E-state index contributed by atoms with van der Waals surface area (Å²) in [7, 11) is 0. The number of ether oxygens (including phenoxy) is 2. The summed E-state index contributed by atoms with van der Waals surface area (Å²) in [5, 5.41) is 10.3. The zero-order valence-corrected chi connectivity index (χ0v) is 15.0. The van der Waals surface area contributed by atoms with Gasteiger partial charge in [-0.25, -0.2) is 0 Å². The van der Waals surface area contributed by atoms with Crippen molar-refractivity contribution in [2.45, 2.75) is 43.9 Å². The summed E-state index contributed by atoms with van der Waals surface area (Å²) in [6, 6.07) is 4.41. The highest BCUT2D eigenvalue weighted by molar-refractivity contribution is 9.10. The van der Waals surface area contributed by atoms with Crippen molar-refractivity contribution in [1.29, 1.82) is 0 Å². The second kappa shape index (κ2) is 8.53. The number of hydrogen-bond acceptors (Lipinski definition) is 5. The van der Waals surface area contributed by atoms with Crippen LogP contribution in [-0.2, 0) is 9.47 Å². The quantitative estimate of drug-likeness (QED) is 0.816. The summed E-state index contributed by atoms with van der Waals surface area (Å²) in [6.07, 6.45) is 5.74. The van der Waals surface area contributed by atoms with Crippen molar-refractivity contribution in [1.82, 2.24) is 9.88 Å². The molecule has 0 radical (unpaired) electrons. The van der Waals surface area contributed by atoms with Gasteiger partial charge in [-0.3, -0.25) is 9.88 Å². The number of nitrogens with zero attached hydrogens (tertiary/aromatic N) is 2. The van der Waals surface area contributed by atoms with E-state index in [0.29, 0.717) is 19.2 Å². The highest BCUT2D eigenvalue weighted by atomic mass is 79.9. The van der Waals surface area contributed by atoms with Crippen LogP contribution in [-0.4, -0.2) is 60.1 Å². The second-order valence-electron chi connectivity index (χ2n) is 6.35. The van der Waals surface area contributed by atoms with Crippen LogP contribution in [0.1, 0.15) is 37.4 Å². The SMILES string of the molecule is O[C@@H](COC1CCOCC1)CN1CCC[C@H]1c1ccc(Br)cn1. The average Bonchev–Trinajstić information content (AvgIpc) is 3.03. The summed E-state index contributed by atoms with van der Waals surface area (Å²) in [6.45, 7) is 3.60. The molecular formula is C17H25BrN2O3. The third-order valence-corrected chi connectivity index (χ3v) is 5.06. The van der Waals surface area contributed by atoms with E-state index in [1.807, 2.05) is 12.3 Å². The fourth-order valence-corrected chi connectivity index (χ4v) is 3.61. The van der Waals surface area contributed by atoms with Crippen LogP contribution in [0.3, 0.4) is 0 Å². The van der Waals surface area contributed by atoms with Crippen molar-refractivity contribution in [3.05, 3.63) is 28.5 Å². The first-order valence-corrected chi connectivity index (χ1v) is 9.24. The van der Waals surface area contributed by atoms with Crippen LogP contribution in [0.4, 0.5) is 0 Å². The lowest BCUT2D eigenvalue weighted by atomic mass is 10.1. The number of rotatable bonds is 6. The Morgan fingerprint density at radius 2 is 2.17 bits per heavy atom. The summed E-state index contributed by atoms with van der Waals surface area (Å²) >= 11 is 3.43. The van der Waals surface area contributed by atoms with E-state index in [9.17, 15) is 5.11 Å². The van der Waals surface area contributed by atoms with Crippen molar-refractivity contribution in [3.63, 3.8) is 0 Å². The molecule has 0 spiro atoms. The number of likely N-dealkylation sites (tertiary alicyclic amines) is 1. The molecule has 23 heavy (non-hydrogen) atoms. The Morgan fingerprint density at radius 3 is 2.91 bits per heavy atom.